The maximum atomic E-state index is 5.12. The third-order valence-corrected chi connectivity index (χ3v) is 1.26. The summed E-state index contributed by atoms with van der Waals surface area (Å²) >= 11 is 0. The van der Waals surface area contributed by atoms with Crippen LogP contribution in [0.25, 0.3) is 0 Å². The lowest BCUT2D eigenvalue weighted by atomic mass is 10.2. The maximum absolute atomic E-state index is 5.12. The van der Waals surface area contributed by atoms with Gasteiger partial charge in [-0.2, -0.15) is 0 Å². The predicted molar refractivity (Wildman–Crippen MR) is 37.1 cm³/mol. The molecule has 1 N–H and O–H groups in total. The van der Waals surface area contributed by atoms with Crippen molar-refractivity contribution in [1.29, 1.82) is 0 Å². The van der Waals surface area contributed by atoms with Gasteiger partial charge in [0.25, 0.3) is 0 Å². The summed E-state index contributed by atoms with van der Waals surface area (Å²) < 4.78 is 0. The lowest BCUT2D eigenvalue weighted by molar-refractivity contribution is 0.749. The molecule has 1 aliphatic heterocycles. The van der Waals surface area contributed by atoms with Gasteiger partial charge in [0, 0.05) is 0 Å². The molecule has 2 heteroatoms. The molecule has 1 heterocycles. The van der Waals surface area contributed by atoms with Gasteiger partial charge in [0.15, 0.2) is 0 Å². The quantitative estimate of drug-likeness (QED) is 0.480. The van der Waals surface area contributed by atoms with E-state index in [2.05, 4.69) is 11.2 Å². The topological polar surface area (TPSA) is 12.0 Å². The van der Waals surface area contributed by atoms with Crippen molar-refractivity contribution in [2.75, 3.05) is 6.54 Å². The lowest BCUT2D eigenvalue weighted by Crippen LogP contribution is -2.18. The molecule has 0 saturated carbocycles. The average Bonchev–Trinajstić information content (AvgIpc) is 2.14. The first-order valence-corrected chi connectivity index (χ1v) is 2.63. The number of halogens is 1. The number of hydrogen-bond acceptors (Lipinski definition) is 1. The Labute approximate surface area is 56.3 Å². The Bertz CT molecular complexity index is 89.2. The van der Waals surface area contributed by atoms with Crippen LogP contribution in [0.2, 0.25) is 0 Å². The highest BCUT2D eigenvalue weighted by molar-refractivity contribution is 5.85. The number of terminal acetylenes is 1. The first kappa shape index (κ1) is 7.81. The maximum Gasteiger partial charge on any atom is 0.0687 e. The van der Waals surface area contributed by atoms with Crippen LogP contribution >= 0.6 is 12.4 Å². The van der Waals surface area contributed by atoms with E-state index in [0.29, 0.717) is 6.04 Å². The molecule has 1 nitrogen and oxygen atoms in total. The highest BCUT2D eigenvalue weighted by Gasteiger charge is 2.08. The molecular formula is C6H10ClN. The summed E-state index contributed by atoms with van der Waals surface area (Å²) in [5.41, 5.74) is 0. The summed E-state index contributed by atoms with van der Waals surface area (Å²) in [6.07, 6.45) is 7.53. The molecule has 0 amide bonds. The van der Waals surface area contributed by atoms with Crippen LogP contribution in [-0.4, -0.2) is 12.6 Å². The molecule has 0 radical (unpaired) electrons. The van der Waals surface area contributed by atoms with Crippen molar-refractivity contribution in [3.05, 3.63) is 0 Å². The van der Waals surface area contributed by atoms with E-state index in [-0.39, 0.29) is 12.4 Å². The minimum absolute atomic E-state index is 0. The van der Waals surface area contributed by atoms with Crippen LogP contribution in [0.4, 0.5) is 0 Å². The van der Waals surface area contributed by atoms with Crippen molar-refractivity contribution >= 4 is 12.4 Å². The van der Waals surface area contributed by atoms with E-state index < -0.39 is 0 Å². The molecule has 1 atom stereocenters. The molecule has 0 aliphatic carbocycles. The SMILES string of the molecule is C#C[C@H]1CCCN1.Cl. The zero-order valence-electron chi connectivity index (χ0n) is 4.68. The minimum atomic E-state index is 0. The smallest absolute Gasteiger partial charge is 0.0687 e. The van der Waals surface area contributed by atoms with Gasteiger partial charge < -0.3 is 5.32 Å². The van der Waals surface area contributed by atoms with Crippen LogP contribution in [0.3, 0.4) is 0 Å². The van der Waals surface area contributed by atoms with Crippen molar-refractivity contribution in [2.24, 2.45) is 0 Å². The van der Waals surface area contributed by atoms with E-state index in [1.807, 2.05) is 0 Å². The zero-order chi connectivity index (χ0) is 5.11. The largest absolute Gasteiger partial charge is 0.304 e. The molecule has 0 aromatic carbocycles. The summed E-state index contributed by atoms with van der Waals surface area (Å²) in [5, 5.41) is 3.17. The Morgan fingerprint density at radius 2 is 2.38 bits per heavy atom. The van der Waals surface area contributed by atoms with Crippen LogP contribution in [0.5, 0.6) is 0 Å². The predicted octanol–water partition coefficient (Wildman–Crippen LogP) is 0.793. The van der Waals surface area contributed by atoms with Gasteiger partial charge in [-0.05, 0) is 19.4 Å². The molecular weight excluding hydrogens is 122 g/mol. The first-order valence-electron chi connectivity index (χ1n) is 2.63. The van der Waals surface area contributed by atoms with Crippen molar-refractivity contribution < 1.29 is 0 Å². The second-order valence-corrected chi connectivity index (χ2v) is 1.82. The summed E-state index contributed by atoms with van der Waals surface area (Å²) in [4.78, 5) is 0. The van der Waals surface area contributed by atoms with Crippen LogP contribution in [-0.2, 0) is 0 Å². The highest BCUT2D eigenvalue weighted by atomic mass is 35.5. The molecule has 1 rings (SSSR count). The molecule has 0 unspecified atom stereocenters. The van der Waals surface area contributed by atoms with Crippen molar-refractivity contribution in [3.63, 3.8) is 0 Å². The summed E-state index contributed by atoms with van der Waals surface area (Å²) in [5.74, 6) is 2.65. The van der Waals surface area contributed by atoms with E-state index in [4.69, 9.17) is 6.42 Å². The summed E-state index contributed by atoms with van der Waals surface area (Å²) in [6.45, 7) is 1.11. The summed E-state index contributed by atoms with van der Waals surface area (Å²) in [6, 6.07) is 0.375. The molecule has 0 spiro atoms. The Morgan fingerprint density at radius 1 is 1.62 bits per heavy atom. The van der Waals surface area contributed by atoms with Crippen molar-refractivity contribution in [3.8, 4) is 12.3 Å². The van der Waals surface area contributed by atoms with Gasteiger partial charge in [0.1, 0.15) is 0 Å². The minimum Gasteiger partial charge on any atom is -0.304 e. The van der Waals surface area contributed by atoms with Gasteiger partial charge in [-0.15, -0.1) is 18.8 Å². The second-order valence-electron chi connectivity index (χ2n) is 1.82. The van der Waals surface area contributed by atoms with Gasteiger partial charge in [-0.1, -0.05) is 5.92 Å². The van der Waals surface area contributed by atoms with E-state index >= 15 is 0 Å². The monoisotopic (exact) mass is 131 g/mol. The standard InChI is InChI=1S/C6H9N.ClH/c1-2-6-4-3-5-7-6;/h1,6-7H,3-5H2;1H/t6-;/m0./s1. The lowest BCUT2D eigenvalue weighted by Gasteiger charge is -1.94. The van der Waals surface area contributed by atoms with E-state index in [0.717, 1.165) is 13.0 Å². The molecule has 1 saturated heterocycles. The first-order chi connectivity index (χ1) is 3.43. The third kappa shape index (κ3) is 1.73. The van der Waals surface area contributed by atoms with E-state index in [1.165, 1.54) is 6.42 Å². The van der Waals surface area contributed by atoms with Crippen molar-refractivity contribution in [2.45, 2.75) is 18.9 Å². The number of rotatable bonds is 0. The van der Waals surface area contributed by atoms with Gasteiger partial charge >= 0.3 is 0 Å². The molecule has 0 bridgehead atoms. The second kappa shape index (κ2) is 3.77. The van der Waals surface area contributed by atoms with Gasteiger partial charge in [-0.25, -0.2) is 0 Å². The Hall–Kier alpha value is -0.190. The van der Waals surface area contributed by atoms with E-state index in [9.17, 15) is 0 Å². The third-order valence-electron chi connectivity index (χ3n) is 1.26. The van der Waals surface area contributed by atoms with Crippen LogP contribution < -0.4 is 5.32 Å². The molecule has 8 heavy (non-hydrogen) atoms. The summed E-state index contributed by atoms with van der Waals surface area (Å²) in [7, 11) is 0. The fraction of sp³-hybridized carbons (Fsp3) is 0.667. The Balaban J connectivity index is 0.000000490. The van der Waals surface area contributed by atoms with Gasteiger partial charge in [0.2, 0.25) is 0 Å². The number of nitrogens with one attached hydrogen (secondary N) is 1. The zero-order valence-corrected chi connectivity index (χ0v) is 5.50. The molecule has 1 aliphatic rings. The van der Waals surface area contributed by atoms with Crippen LogP contribution in [0.15, 0.2) is 0 Å². The Morgan fingerprint density at radius 3 is 2.62 bits per heavy atom. The number of hydrogen-bond donors (Lipinski definition) is 1. The average molecular weight is 132 g/mol. The molecule has 46 valence electrons. The van der Waals surface area contributed by atoms with Crippen LogP contribution in [0.1, 0.15) is 12.8 Å². The van der Waals surface area contributed by atoms with Gasteiger partial charge in [0.05, 0.1) is 6.04 Å². The molecule has 1 fully saturated rings. The van der Waals surface area contributed by atoms with Gasteiger partial charge in [-0.3, -0.25) is 0 Å². The molecule has 0 aromatic rings. The highest BCUT2D eigenvalue weighted by Crippen LogP contribution is 2.01. The normalized spacial score (nSPS) is 26.1. The van der Waals surface area contributed by atoms with Crippen LogP contribution in [0, 0.1) is 12.3 Å². The van der Waals surface area contributed by atoms with Crippen molar-refractivity contribution in [1.82, 2.24) is 5.32 Å². The van der Waals surface area contributed by atoms with E-state index in [1.54, 1.807) is 0 Å². The Kier molecular flexibility index (Phi) is 3.68. The fourth-order valence-corrected chi connectivity index (χ4v) is 0.827. The molecule has 0 aromatic heterocycles. The fourth-order valence-electron chi connectivity index (χ4n) is 0.827.